The minimum Gasteiger partial charge on any atom is -0.481 e. The number of amides is 1. The Kier molecular flexibility index (Phi) is 4.25. The molecule has 0 bridgehead atoms. The number of carboxylic acids is 1. The molecule has 98 valence electrons. The molecule has 1 atom stereocenters. The number of aromatic nitrogens is 1. The van der Waals surface area contributed by atoms with E-state index in [1.54, 1.807) is 18.3 Å². The number of nitrogens with one attached hydrogen (secondary N) is 1. The average Bonchev–Trinajstić information content (AvgIpc) is 2.92. The van der Waals surface area contributed by atoms with E-state index < -0.39 is 12.0 Å². The summed E-state index contributed by atoms with van der Waals surface area (Å²) in [6.45, 7) is 0. The Hall–Kier alpha value is -2.21. The van der Waals surface area contributed by atoms with Crippen molar-refractivity contribution in [2.24, 2.45) is 0 Å². The van der Waals surface area contributed by atoms with Gasteiger partial charge in [0.15, 0.2) is 0 Å². The molecule has 0 saturated heterocycles. The fraction of sp³-hybridized carbons (Fsp3) is 0.154. The molecule has 0 radical (unpaired) electrons. The fourth-order valence-corrected chi connectivity index (χ4v) is 2.40. The predicted molar refractivity (Wildman–Crippen MR) is 71.0 cm³/mol. The molecule has 0 aliphatic rings. The zero-order valence-corrected chi connectivity index (χ0v) is 10.8. The third kappa shape index (κ3) is 3.62. The fourth-order valence-electron chi connectivity index (χ4n) is 1.63. The molecule has 0 aromatic carbocycles. The smallest absolute Gasteiger partial charge is 0.305 e. The second-order valence-corrected chi connectivity index (χ2v) is 4.86. The lowest BCUT2D eigenvalue weighted by atomic mass is 10.1. The standard InChI is InChI=1S/C13H12N2O3S/c16-12(17)7-10(11-4-2-6-19-11)15-13(18)9-3-1-5-14-8-9/h1-6,8,10H,7H2,(H,15,18)(H,16,17). The molecule has 2 aromatic rings. The highest BCUT2D eigenvalue weighted by Gasteiger charge is 2.19. The van der Waals surface area contributed by atoms with Crippen LogP contribution in [-0.2, 0) is 4.79 Å². The lowest BCUT2D eigenvalue weighted by Gasteiger charge is -2.15. The van der Waals surface area contributed by atoms with Gasteiger partial charge in [0.2, 0.25) is 0 Å². The van der Waals surface area contributed by atoms with E-state index in [4.69, 9.17) is 5.11 Å². The third-order valence-corrected chi connectivity index (χ3v) is 3.48. The van der Waals surface area contributed by atoms with E-state index in [0.717, 1.165) is 4.88 Å². The Morgan fingerprint density at radius 3 is 2.79 bits per heavy atom. The summed E-state index contributed by atoms with van der Waals surface area (Å²) in [7, 11) is 0. The van der Waals surface area contributed by atoms with E-state index in [-0.39, 0.29) is 12.3 Å². The van der Waals surface area contributed by atoms with Crippen molar-refractivity contribution in [3.05, 3.63) is 52.5 Å². The molecule has 0 saturated carbocycles. The van der Waals surface area contributed by atoms with Crippen LogP contribution in [0.1, 0.15) is 27.7 Å². The number of carboxylic acid groups (broad SMARTS) is 1. The first kappa shape index (κ1) is 13.2. The normalized spacial score (nSPS) is 11.8. The van der Waals surface area contributed by atoms with Crippen LogP contribution in [0, 0.1) is 0 Å². The highest BCUT2D eigenvalue weighted by atomic mass is 32.1. The quantitative estimate of drug-likeness (QED) is 0.876. The minimum atomic E-state index is -0.954. The number of nitrogens with zero attached hydrogens (tertiary/aromatic N) is 1. The highest BCUT2D eigenvalue weighted by molar-refractivity contribution is 7.10. The van der Waals surface area contributed by atoms with Crippen molar-refractivity contribution in [3.63, 3.8) is 0 Å². The molecule has 2 aromatic heterocycles. The van der Waals surface area contributed by atoms with Gasteiger partial charge in [0.05, 0.1) is 18.0 Å². The Morgan fingerprint density at radius 1 is 1.37 bits per heavy atom. The lowest BCUT2D eigenvalue weighted by Crippen LogP contribution is -2.29. The van der Waals surface area contributed by atoms with Crippen LogP contribution in [-0.4, -0.2) is 22.0 Å². The minimum absolute atomic E-state index is 0.146. The van der Waals surface area contributed by atoms with Crippen LogP contribution in [0.2, 0.25) is 0 Å². The summed E-state index contributed by atoms with van der Waals surface area (Å²) in [5.41, 5.74) is 0.412. The van der Waals surface area contributed by atoms with Gasteiger partial charge < -0.3 is 10.4 Å². The van der Waals surface area contributed by atoms with E-state index in [0.29, 0.717) is 5.56 Å². The zero-order chi connectivity index (χ0) is 13.7. The number of rotatable bonds is 5. The maximum absolute atomic E-state index is 12.0. The van der Waals surface area contributed by atoms with Crippen molar-refractivity contribution in [1.29, 1.82) is 0 Å². The summed E-state index contributed by atoms with van der Waals surface area (Å²) in [5.74, 6) is -1.28. The van der Waals surface area contributed by atoms with Crippen molar-refractivity contribution >= 4 is 23.2 Å². The first-order chi connectivity index (χ1) is 9.16. The van der Waals surface area contributed by atoms with Crippen molar-refractivity contribution in [2.45, 2.75) is 12.5 Å². The molecule has 2 N–H and O–H groups in total. The molecule has 0 aliphatic heterocycles. The van der Waals surface area contributed by atoms with Crippen LogP contribution < -0.4 is 5.32 Å². The molecule has 0 spiro atoms. The number of hydrogen-bond acceptors (Lipinski definition) is 4. The molecule has 5 nitrogen and oxygen atoms in total. The summed E-state index contributed by atoms with van der Waals surface area (Å²) in [4.78, 5) is 27.5. The number of aliphatic carboxylic acids is 1. The Balaban J connectivity index is 2.12. The number of carbonyl (C=O) groups is 2. The maximum atomic E-state index is 12.0. The van der Waals surface area contributed by atoms with Gasteiger partial charge in [0, 0.05) is 17.3 Å². The predicted octanol–water partition coefficient (Wildman–Crippen LogP) is 2.09. The van der Waals surface area contributed by atoms with Crippen molar-refractivity contribution < 1.29 is 14.7 Å². The van der Waals surface area contributed by atoms with Gasteiger partial charge in [-0.3, -0.25) is 14.6 Å². The summed E-state index contributed by atoms with van der Waals surface area (Å²) in [5, 5.41) is 13.5. The zero-order valence-electron chi connectivity index (χ0n) is 9.95. The third-order valence-electron chi connectivity index (χ3n) is 2.49. The summed E-state index contributed by atoms with van der Waals surface area (Å²) in [6, 6.07) is 6.40. The van der Waals surface area contributed by atoms with E-state index in [1.807, 2.05) is 17.5 Å². The van der Waals surface area contributed by atoms with E-state index in [2.05, 4.69) is 10.3 Å². The number of pyridine rings is 1. The number of thiophene rings is 1. The van der Waals surface area contributed by atoms with Crippen LogP contribution in [0.4, 0.5) is 0 Å². The van der Waals surface area contributed by atoms with Gasteiger partial charge in [-0.2, -0.15) is 0 Å². The summed E-state index contributed by atoms with van der Waals surface area (Å²) in [6.07, 6.45) is 2.87. The molecule has 0 aliphatic carbocycles. The highest BCUT2D eigenvalue weighted by Crippen LogP contribution is 2.22. The summed E-state index contributed by atoms with van der Waals surface area (Å²) < 4.78 is 0. The number of carbonyl (C=O) groups excluding carboxylic acids is 1. The molecular formula is C13H12N2O3S. The molecule has 19 heavy (non-hydrogen) atoms. The van der Waals surface area contributed by atoms with Crippen molar-refractivity contribution in [1.82, 2.24) is 10.3 Å². The van der Waals surface area contributed by atoms with Crippen LogP contribution in [0.15, 0.2) is 42.0 Å². The Morgan fingerprint density at radius 2 is 2.21 bits per heavy atom. The van der Waals surface area contributed by atoms with Gasteiger partial charge in [-0.15, -0.1) is 11.3 Å². The first-order valence-corrected chi connectivity index (χ1v) is 6.51. The van der Waals surface area contributed by atoms with Crippen molar-refractivity contribution in [2.75, 3.05) is 0 Å². The lowest BCUT2D eigenvalue weighted by molar-refractivity contribution is -0.137. The van der Waals surface area contributed by atoms with E-state index >= 15 is 0 Å². The van der Waals surface area contributed by atoms with E-state index in [9.17, 15) is 9.59 Å². The molecular weight excluding hydrogens is 264 g/mol. The molecule has 2 rings (SSSR count). The monoisotopic (exact) mass is 276 g/mol. The van der Waals surface area contributed by atoms with Crippen LogP contribution in [0.25, 0.3) is 0 Å². The molecule has 1 amide bonds. The van der Waals surface area contributed by atoms with Gasteiger partial charge in [0.25, 0.3) is 5.91 Å². The van der Waals surface area contributed by atoms with Crippen LogP contribution in [0.3, 0.4) is 0 Å². The van der Waals surface area contributed by atoms with Crippen LogP contribution in [0.5, 0.6) is 0 Å². The Bertz CT molecular complexity index is 555. The summed E-state index contributed by atoms with van der Waals surface area (Å²) >= 11 is 1.42. The topological polar surface area (TPSA) is 79.3 Å². The second-order valence-electron chi connectivity index (χ2n) is 3.88. The molecule has 2 heterocycles. The first-order valence-electron chi connectivity index (χ1n) is 5.63. The number of hydrogen-bond donors (Lipinski definition) is 2. The van der Waals surface area contributed by atoms with Gasteiger partial charge in [-0.05, 0) is 23.6 Å². The second kappa shape index (κ2) is 6.10. The average molecular weight is 276 g/mol. The van der Waals surface area contributed by atoms with Gasteiger partial charge in [0.1, 0.15) is 0 Å². The van der Waals surface area contributed by atoms with E-state index in [1.165, 1.54) is 17.5 Å². The largest absolute Gasteiger partial charge is 0.481 e. The van der Waals surface area contributed by atoms with Gasteiger partial charge in [-0.1, -0.05) is 6.07 Å². The molecule has 1 unspecified atom stereocenters. The van der Waals surface area contributed by atoms with Crippen molar-refractivity contribution in [3.8, 4) is 0 Å². The molecule has 0 fully saturated rings. The van der Waals surface area contributed by atoms with Crippen LogP contribution >= 0.6 is 11.3 Å². The van der Waals surface area contributed by atoms with Gasteiger partial charge in [-0.25, -0.2) is 0 Å². The SMILES string of the molecule is O=C(O)CC(NC(=O)c1cccnc1)c1cccs1. The van der Waals surface area contributed by atoms with Gasteiger partial charge >= 0.3 is 5.97 Å². The maximum Gasteiger partial charge on any atom is 0.305 e. The Labute approximate surface area is 113 Å². The molecule has 6 heteroatoms.